The van der Waals surface area contributed by atoms with E-state index in [9.17, 15) is 4.79 Å². The molecular weight excluding hydrogens is 250 g/mol. The van der Waals surface area contributed by atoms with Gasteiger partial charge in [0, 0.05) is 10.9 Å². The number of unbranched alkanes of at least 4 members (excludes halogenated alkanes) is 5. The Bertz CT molecular complexity index is 616. The highest BCUT2D eigenvalue weighted by Gasteiger charge is 2.07. The molecule has 0 saturated heterocycles. The third-order valence-electron chi connectivity index (χ3n) is 3.66. The standard InChI is InChI=1S/C17H23NO2/c1-2-3-4-5-6-7-9-14-12-13-10-8-11-15(18)16(13)20-17(14)19/h8,10-12H,2-7,9,18H2,1H3. The van der Waals surface area contributed by atoms with E-state index in [0.29, 0.717) is 11.3 Å². The summed E-state index contributed by atoms with van der Waals surface area (Å²) in [6.45, 7) is 2.21. The van der Waals surface area contributed by atoms with Crippen LogP contribution in [-0.4, -0.2) is 0 Å². The van der Waals surface area contributed by atoms with Crippen LogP contribution in [0.25, 0.3) is 11.0 Å². The normalized spacial score (nSPS) is 11.1. The minimum absolute atomic E-state index is 0.246. The van der Waals surface area contributed by atoms with E-state index in [2.05, 4.69) is 6.92 Å². The molecule has 0 spiro atoms. The van der Waals surface area contributed by atoms with Gasteiger partial charge in [-0.05, 0) is 25.0 Å². The molecule has 0 atom stereocenters. The molecule has 3 nitrogen and oxygen atoms in total. The van der Waals surface area contributed by atoms with Crippen LogP contribution in [0.3, 0.4) is 0 Å². The summed E-state index contributed by atoms with van der Waals surface area (Å²) < 4.78 is 5.34. The molecule has 1 aromatic heterocycles. The van der Waals surface area contributed by atoms with Gasteiger partial charge in [0.2, 0.25) is 0 Å². The molecule has 0 amide bonds. The minimum atomic E-state index is -0.246. The lowest BCUT2D eigenvalue weighted by Crippen LogP contribution is -2.07. The van der Waals surface area contributed by atoms with Crippen LogP contribution >= 0.6 is 0 Å². The van der Waals surface area contributed by atoms with Gasteiger partial charge in [-0.25, -0.2) is 4.79 Å². The zero-order valence-corrected chi connectivity index (χ0v) is 12.2. The van der Waals surface area contributed by atoms with Crippen LogP contribution in [0.4, 0.5) is 5.69 Å². The van der Waals surface area contributed by atoms with Gasteiger partial charge in [0.1, 0.15) is 0 Å². The molecule has 0 fully saturated rings. The van der Waals surface area contributed by atoms with E-state index in [1.54, 1.807) is 6.07 Å². The Labute approximate surface area is 119 Å². The van der Waals surface area contributed by atoms with Crippen LogP contribution in [0.1, 0.15) is 51.0 Å². The third kappa shape index (κ3) is 3.62. The average Bonchev–Trinajstić information content (AvgIpc) is 2.44. The lowest BCUT2D eigenvalue weighted by molar-refractivity contribution is 0.543. The Morgan fingerprint density at radius 2 is 1.85 bits per heavy atom. The molecular formula is C17H23NO2. The van der Waals surface area contributed by atoms with Crippen LogP contribution in [0, 0.1) is 0 Å². The topological polar surface area (TPSA) is 56.2 Å². The maximum absolute atomic E-state index is 11.9. The highest BCUT2D eigenvalue weighted by Crippen LogP contribution is 2.20. The monoisotopic (exact) mass is 273 g/mol. The van der Waals surface area contributed by atoms with E-state index < -0.39 is 0 Å². The van der Waals surface area contributed by atoms with Gasteiger partial charge in [0.15, 0.2) is 5.58 Å². The van der Waals surface area contributed by atoms with Gasteiger partial charge < -0.3 is 10.2 Å². The molecule has 0 saturated carbocycles. The molecule has 2 rings (SSSR count). The van der Waals surface area contributed by atoms with Gasteiger partial charge in [-0.3, -0.25) is 0 Å². The van der Waals surface area contributed by atoms with Crippen LogP contribution in [0.5, 0.6) is 0 Å². The van der Waals surface area contributed by atoms with Crippen molar-refractivity contribution in [1.29, 1.82) is 0 Å². The van der Waals surface area contributed by atoms with Crippen molar-refractivity contribution in [3.8, 4) is 0 Å². The Kier molecular flexibility index (Phi) is 5.22. The molecule has 0 aliphatic rings. The van der Waals surface area contributed by atoms with E-state index in [1.165, 1.54) is 32.1 Å². The highest BCUT2D eigenvalue weighted by atomic mass is 16.4. The lowest BCUT2D eigenvalue weighted by atomic mass is 10.0. The fourth-order valence-electron chi connectivity index (χ4n) is 2.48. The molecule has 0 aliphatic carbocycles. The van der Waals surface area contributed by atoms with Crippen LogP contribution in [0.15, 0.2) is 33.5 Å². The summed E-state index contributed by atoms with van der Waals surface area (Å²) >= 11 is 0. The van der Waals surface area contributed by atoms with E-state index in [-0.39, 0.29) is 5.63 Å². The van der Waals surface area contributed by atoms with E-state index in [4.69, 9.17) is 10.2 Å². The molecule has 0 radical (unpaired) electrons. The van der Waals surface area contributed by atoms with Gasteiger partial charge >= 0.3 is 5.63 Å². The second-order valence-electron chi connectivity index (χ2n) is 5.34. The van der Waals surface area contributed by atoms with Crippen molar-refractivity contribution in [3.05, 3.63) is 40.2 Å². The Balaban J connectivity index is 2.00. The molecule has 3 heteroatoms. The number of benzene rings is 1. The summed E-state index contributed by atoms with van der Waals surface area (Å²) in [5, 5.41) is 0.908. The van der Waals surface area contributed by atoms with Crippen LogP contribution in [-0.2, 0) is 6.42 Å². The number of rotatable bonds is 7. The van der Waals surface area contributed by atoms with Crippen LogP contribution < -0.4 is 11.4 Å². The van der Waals surface area contributed by atoms with Gasteiger partial charge in [-0.1, -0.05) is 51.2 Å². The molecule has 0 unspecified atom stereocenters. The molecule has 0 aliphatic heterocycles. The summed E-state index contributed by atoms with van der Waals surface area (Å²) in [6.07, 6.45) is 8.11. The molecule has 2 aromatic rings. The van der Waals surface area contributed by atoms with E-state index in [0.717, 1.165) is 23.8 Å². The number of aryl methyl sites for hydroxylation is 1. The summed E-state index contributed by atoms with van der Waals surface area (Å²) in [7, 11) is 0. The highest BCUT2D eigenvalue weighted by molar-refractivity contribution is 5.87. The maximum Gasteiger partial charge on any atom is 0.339 e. The molecule has 108 valence electrons. The molecule has 0 bridgehead atoms. The number of nitrogen functional groups attached to an aromatic ring is 1. The number of hydrogen-bond donors (Lipinski definition) is 1. The second-order valence-corrected chi connectivity index (χ2v) is 5.34. The van der Waals surface area contributed by atoms with Crippen molar-refractivity contribution in [2.75, 3.05) is 5.73 Å². The first-order chi connectivity index (χ1) is 9.72. The van der Waals surface area contributed by atoms with Gasteiger partial charge in [-0.2, -0.15) is 0 Å². The first kappa shape index (κ1) is 14.6. The fourth-order valence-corrected chi connectivity index (χ4v) is 2.48. The predicted octanol–water partition coefficient (Wildman–Crippen LogP) is 4.28. The molecule has 20 heavy (non-hydrogen) atoms. The Morgan fingerprint density at radius 3 is 2.65 bits per heavy atom. The van der Waals surface area contributed by atoms with Crippen LogP contribution in [0.2, 0.25) is 0 Å². The fraction of sp³-hybridized carbons (Fsp3) is 0.471. The molecule has 1 heterocycles. The van der Waals surface area contributed by atoms with Crippen molar-refractivity contribution in [2.45, 2.75) is 51.9 Å². The van der Waals surface area contributed by atoms with E-state index >= 15 is 0 Å². The first-order valence-electron chi connectivity index (χ1n) is 7.53. The number of fused-ring (bicyclic) bond motifs is 1. The number of hydrogen-bond acceptors (Lipinski definition) is 3. The number of para-hydroxylation sites is 1. The van der Waals surface area contributed by atoms with E-state index in [1.807, 2.05) is 18.2 Å². The first-order valence-corrected chi connectivity index (χ1v) is 7.53. The Hall–Kier alpha value is -1.77. The van der Waals surface area contributed by atoms with Gasteiger partial charge in [0.25, 0.3) is 0 Å². The SMILES string of the molecule is CCCCCCCCc1cc2cccc(N)c2oc1=O. The van der Waals surface area contributed by atoms with Crippen molar-refractivity contribution in [3.63, 3.8) is 0 Å². The summed E-state index contributed by atoms with van der Waals surface area (Å²) in [6, 6.07) is 7.48. The summed E-state index contributed by atoms with van der Waals surface area (Å²) in [5.74, 6) is 0. The average molecular weight is 273 g/mol. The zero-order chi connectivity index (χ0) is 14.4. The summed E-state index contributed by atoms with van der Waals surface area (Å²) in [5.41, 5.74) is 7.35. The lowest BCUT2D eigenvalue weighted by Gasteiger charge is -2.04. The van der Waals surface area contributed by atoms with Crippen molar-refractivity contribution in [2.24, 2.45) is 0 Å². The zero-order valence-electron chi connectivity index (χ0n) is 12.2. The van der Waals surface area contributed by atoms with Gasteiger partial charge in [0.05, 0.1) is 5.69 Å². The Morgan fingerprint density at radius 1 is 1.10 bits per heavy atom. The number of nitrogens with two attached hydrogens (primary N) is 1. The summed E-state index contributed by atoms with van der Waals surface area (Å²) in [4.78, 5) is 11.9. The third-order valence-corrected chi connectivity index (χ3v) is 3.66. The largest absolute Gasteiger partial charge is 0.420 e. The minimum Gasteiger partial charge on any atom is -0.420 e. The smallest absolute Gasteiger partial charge is 0.339 e. The number of anilines is 1. The second kappa shape index (κ2) is 7.13. The quantitative estimate of drug-likeness (QED) is 0.465. The van der Waals surface area contributed by atoms with Crippen molar-refractivity contribution >= 4 is 16.7 Å². The van der Waals surface area contributed by atoms with Gasteiger partial charge in [-0.15, -0.1) is 0 Å². The maximum atomic E-state index is 11.9. The van der Waals surface area contributed by atoms with Crippen molar-refractivity contribution in [1.82, 2.24) is 0 Å². The molecule has 1 aromatic carbocycles. The predicted molar refractivity (Wildman–Crippen MR) is 84.0 cm³/mol. The molecule has 2 N–H and O–H groups in total. The van der Waals surface area contributed by atoms with Crippen molar-refractivity contribution < 1.29 is 4.42 Å².